The first-order valence-electron chi connectivity index (χ1n) is 10.0. The number of carbonyl (C=O) groups excluding carboxylic acids is 1. The summed E-state index contributed by atoms with van der Waals surface area (Å²) >= 11 is 0. The van der Waals surface area contributed by atoms with Crippen LogP contribution in [0.5, 0.6) is 0 Å². The number of alkyl halides is 1. The molecular weight excluding hydrogens is 383 g/mol. The Morgan fingerprint density at radius 2 is 2.07 bits per heavy atom. The second-order valence-corrected chi connectivity index (χ2v) is 8.44. The van der Waals surface area contributed by atoms with E-state index in [0.29, 0.717) is 24.4 Å². The van der Waals surface area contributed by atoms with Crippen LogP contribution in [0.15, 0.2) is 42.7 Å². The maximum absolute atomic E-state index is 15.4. The number of benzene rings is 1. The van der Waals surface area contributed by atoms with Crippen LogP contribution in [0, 0.1) is 6.92 Å². The summed E-state index contributed by atoms with van der Waals surface area (Å²) in [7, 11) is 1.87. The number of piperidine rings is 1. The molecule has 2 unspecified atom stereocenters. The SMILES string of the molecule is Cc1cc(C2CN(C(=O)c3cc4ccccc4n3C)CC(C)(F)C2)n2ncnc2n1. The van der Waals surface area contributed by atoms with E-state index in [0.717, 1.165) is 22.3 Å². The van der Waals surface area contributed by atoms with Gasteiger partial charge in [0.15, 0.2) is 0 Å². The smallest absolute Gasteiger partial charge is 0.270 e. The lowest BCUT2D eigenvalue weighted by Crippen LogP contribution is -2.50. The molecule has 0 aliphatic carbocycles. The molecule has 4 heterocycles. The number of aryl methyl sites for hydroxylation is 2. The van der Waals surface area contributed by atoms with E-state index in [2.05, 4.69) is 15.1 Å². The van der Waals surface area contributed by atoms with Gasteiger partial charge in [-0.1, -0.05) is 18.2 Å². The zero-order valence-electron chi connectivity index (χ0n) is 17.2. The van der Waals surface area contributed by atoms with E-state index in [1.165, 1.54) is 6.33 Å². The maximum atomic E-state index is 15.4. The van der Waals surface area contributed by atoms with Crippen molar-refractivity contribution in [2.24, 2.45) is 7.05 Å². The molecule has 1 aromatic carbocycles. The fourth-order valence-electron chi connectivity index (χ4n) is 4.63. The number of nitrogens with zero attached hydrogens (tertiary/aromatic N) is 6. The van der Waals surface area contributed by atoms with E-state index < -0.39 is 5.67 Å². The first kappa shape index (κ1) is 18.7. The lowest BCUT2D eigenvalue weighted by molar-refractivity contribution is 0.0335. The van der Waals surface area contributed by atoms with Crippen LogP contribution in [0.4, 0.5) is 4.39 Å². The monoisotopic (exact) mass is 406 g/mol. The van der Waals surface area contributed by atoms with Crippen LogP contribution >= 0.6 is 0 Å². The standard InChI is InChI=1S/C22H23FN6O/c1-14-8-18(29-21(26-14)24-13-25-29)16-10-22(2,23)12-28(11-16)20(30)19-9-15-6-4-5-7-17(15)27(19)3/h4-9,13,16H,10-12H2,1-3H3. The molecule has 7 nitrogen and oxygen atoms in total. The minimum Gasteiger partial charge on any atom is -0.340 e. The molecule has 5 rings (SSSR count). The summed E-state index contributed by atoms with van der Waals surface area (Å²) < 4.78 is 18.9. The van der Waals surface area contributed by atoms with Gasteiger partial charge in [-0.05, 0) is 38.5 Å². The third-order valence-electron chi connectivity index (χ3n) is 5.92. The van der Waals surface area contributed by atoms with Gasteiger partial charge in [0.05, 0.1) is 12.2 Å². The number of amides is 1. The van der Waals surface area contributed by atoms with E-state index in [1.807, 2.05) is 54.9 Å². The van der Waals surface area contributed by atoms with Crippen LogP contribution in [0.2, 0.25) is 0 Å². The molecule has 0 radical (unpaired) electrons. The Labute approximate surface area is 173 Å². The minimum atomic E-state index is -1.51. The van der Waals surface area contributed by atoms with Crippen molar-refractivity contribution in [1.29, 1.82) is 0 Å². The van der Waals surface area contributed by atoms with Crippen LogP contribution in [0.1, 0.15) is 41.1 Å². The van der Waals surface area contributed by atoms with E-state index >= 15 is 4.39 Å². The lowest BCUT2D eigenvalue weighted by Gasteiger charge is -2.40. The number of likely N-dealkylation sites (tertiary alicyclic amines) is 1. The molecule has 0 saturated carbocycles. The average Bonchev–Trinajstić information content (AvgIpc) is 3.30. The summed E-state index contributed by atoms with van der Waals surface area (Å²) in [6.45, 7) is 3.92. The zero-order chi connectivity index (χ0) is 21.0. The lowest BCUT2D eigenvalue weighted by atomic mass is 9.85. The summed E-state index contributed by atoms with van der Waals surface area (Å²) in [6.07, 6.45) is 1.76. The van der Waals surface area contributed by atoms with Crippen molar-refractivity contribution in [3.05, 3.63) is 59.8 Å². The van der Waals surface area contributed by atoms with Gasteiger partial charge in [-0.2, -0.15) is 10.1 Å². The van der Waals surface area contributed by atoms with Crippen molar-refractivity contribution in [2.75, 3.05) is 13.1 Å². The predicted molar refractivity (Wildman–Crippen MR) is 111 cm³/mol. The van der Waals surface area contributed by atoms with Gasteiger partial charge in [-0.15, -0.1) is 0 Å². The van der Waals surface area contributed by atoms with Crippen LogP contribution in [0.3, 0.4) is 0 Å². The molecule has 1 aliphatic rings. The molecule has 0 N–H and O–H groups in total. The highest BCUT2D eigenvalue weighted by molar-refractivity contribution is 5.98. The molecule has 1 fully saturated rings. The molecule has 8 heteroatoms. The van der Waals surface area contributed by atoms with Crippen molar-refractivity contribution >= 4 is 22.6 Å². The fourth-order valence-corrected chi connectivity index (χ4v) is 4.63. The Morgan fingerprint density at radius 3 is 2.87 bits per heavy atom. The van der Waals surface area contributed by atoms with Gasteiger partial charge in [-0.3, -0.25) is 4.79 Å². The van der Waals surface area contributed by atoms with Crippen LogP contribution in [-0.4, -0.2) is 53.7 Å². The van der Waals surface area contributed by atoms with E-state index in [-0.39, 0.29) is 18.4 Å². The van der Waals surface area contributed by atoms with Gasteiger partial charge in [0.2, 0.25) is 0 Å². The first-order chi connectivity index (χ1) is 14.3. The summed E-state index contributed by atoms with van der Waals surface area (Å²) in [5.41, 5.74) is 1.65. The van der Waals surface area contributed by atoms with Crippen molar-refractivity contribution < 1.29 is 9.18 Å². The molecule has 1 saturated heterocycles. The molecule has 1 amide bonds. The van der Waals surface area contributed by atoms with Gasteiger partial charge < -0.3 is 9.47 Å². The number of carbonyl (C=O) groups is 1. The molecule has 154 valence electrons. The number of hydrogen-bond acceptors (Lipinski definition) is 4. The van der Waals surface area contributed by atoms with Gasteiger partial charge in [0.1, 0.15) is 17.7 Å². The normalized spacial score (nSPS) is 22.1. The summed E-state index contributed by atoms with van der Waals surface area (Å²) in [6, 6.07) is 11.6. The largest absolute Gasteiger partial charge is 0.340 e. The number of aromatic nitrogens is 5. The zero-order valence-corrected chi connectivity index (χ0v) is 17.2. The number of halogens is 1. The van der Waals surface area contributed by atoms with Gasteiger partial charge in [0.25, 0.3) is 11.7 Å². The molecular formula is C22H23FN6O. The molecule has 30 heavy (non-hydrogen) atoms. The number of hydrogen-bond donors (Lipinski definition) is 0. The summed E-state index contributed by atoms with van der Waals surface area (Å²) in [5, 5.41) is 5.26. The molecule has 0 spiro atoms. The second-order valence-electron chi connectivity index (χ2n) is 8.44. The van der Waals surface area contributed by atoms with E-state index in [1.54, 1.807) is 16.3 Å². The maximum Gasteiger partial charge on any atom is 0.270 e. The van der Waals surface area contributed by atoms with Crippen LogP contribution in [-0.2, 0) is 7.05 Å². The quantitative estimate of drug-likeness (QED) is 0.512. The van der Waals surface area contributed by atoms with Crippen molar-refractivity contribution in [2.45, 2.75) is 31.9 Å². The highest BCUT2D eigenvalue weighted by atomic mass is 19.1. The van der Waals surface area contributed by atoms with E-state index in [9.17, 15) is 4.79 Å². The Bertz CT molecular complexity index is 1270. The van der Waals surface area contributed by atoms with Gasteiger partial charge in [-0.25, -0.2) is 13.9 Å². The van der Waals surface area contributed by atoms with Crippen LogP contribution in [0.25, 0.3) is 16.7 Å². The van der Waals surface area contributed by atoms with Crippen molar-refractivity contribution in [3.8, 4) is 0 Å². The molecule has 2 atom stereocenters. The highest BCUT2D eigenvalue weighted by Crippen LogP contribution is 2.36. The van der Waals surface area contributed by atoms with Crippen molar-refractivity contribution in [3.63, 3.8) is 0 Å². The molecule has 1 aliphatic heterocycles. The van der Waals surface area contributed by atoms with Crippen molar-refractivity contribution in [1.82, 2.24) is 29.0 Å². The predicted octanol–water partition coefficient (Wildman–Crippen LogP) is 3.28. The third kappa shape index (κ3) is 3.03. The van der Waals surface area contributed by atoms with Gasteiger partial charge in [0, 0.05) is 36.1 Å². The van der Waals surface area contributed by atoms with Crippen LogP contribution < -0.4 is 0 Å². The van der Waals surface area contributed by atoms with E-state index in [4.69, 9.17) is 0 Å². The Kier molecular flexibility index (Phi) is 4.13. The summed E-state index contributed by atoms with van der Waals surface area (Å²) in [5.74, 6) is 0.115. The number of rotatable bonds is 2. The molecule has 4 aromatic rings. The Hall–Kier alpha value is -3.29. The second kappa shape index (κ2) is 6.62. The molecule has 3 aromatic heterocycles. The average molecular weight is 406 g/mol. The Balaban J connectivity index is 1.53. The highest BCUT2D eigenvalue weighted by Gasteiger charge is 2.40. The summed E-state index contributed by atoms with van der Waals surface area (Å²) in [4.78, 5) is 23.6. The topological polar surface area (TPSA) is 68.3 Å². The van der Waals surface area contributed by atoms with Gasteiger partial charge >= 0.3 is 0 Å². The first-order valence-corrected chi connectivity index (χ1v) is 10.0. The Morgan fingerprint density at radius 1 is 1.27 bits per heavy atom. The molecule has 0 bridgehead atoms. The number of fused-ring (bicyclic) bond motifs is 2. The fraction of sp³-hybridized carbons (Fsp3) is 0.364. The minimum absolute atomic E-state index is 0.0639. The third-order valence-corrected chi connectivity index (χ3v) is 5.92. The number of para-hydroxylation sites is 1.